The lowest BCUT2D eigenvalue weighted by atomic mass is 9.88. The van der Waals surface area contributed by atoms with E-state index >= 15 is 0 Å². The molecular weight excluding hydrogens is 268 g/mol. The van der Waals surface area contributed by atoms with Crippen molar-refractivity contribution in [3.05, 3.63) is 29.0 Å². The maximum Gasteiger partial charge on any atom is 0.329 e. The van der Waals surface area contributed by atoms with Crippen LogP contribution >= 0.6 is 11.6 Å². The van der Waals surface area contributed by atoms with E-state index < -0.39 is 11.5 Å². The molecule has 1 aliphatic rings. The second kappa shape index (κ2) is 5.17. The van der Waals surface area contributed by atoms with Crippen molar-refractivity contribution >= 4 is 23.5 Å². The average molecular weight is 283 g/mol. The van der Waals surface area contributed by atoms with E-state index in [1.807, 2.05) is 0 Å². The minimum atomic E-state index is -1.17. The summed E-state index contributed by atoms with van der Waals surface area (Å²) in [6.07, 6.45) is 3.54. The molecule has 2 heterocycles. The van der Waals surface area contributed by atoms with E-state index in [1.165, 1.54) is 11.1 Å². The first-order valence-corrected chi connectivity index (χ1v) is 6.50. The van der Waals surface area contributed by atoms with Gasteiger partial charge in [0.25, 0.3) is 5.91 Å². The zero-order chi connectivity index (χ0) is 14.0. The van der Waals surface area contributed by atoms with Gasteiger partial charge < -0.3 is 10.0 Å². The smallest absolute Gasteiger partial charge is 0.329 e. The molecule has 19 heavy (non-hydrogen) atoms. The summed E-state index contributed by atoms with van der Waals surface area (Å²) in [4.78, 5) is 29.2. The molecule has 1 saturated heterocycles. The molecule has 0 bridgehead atoms. The first kappa shape index (κ1) is 13.8. The highest BCUT2D eigenvalue weighted by Gasteiger charge is 2.44. The number of carboxylic acid groups (broad SMARTS) is 1. The summed E-state index contributed by atoms with van der Waals surface area (Å²) >= 11 is 5.90. The molecule has 1 unspecified atom stereocenters. The number of rotatable bonds is 2. The van der Waals surface area contributed by atoms with Gasteiger partial charge in [-0.05, 0) is 38.3 Å². The lowest BCUT2D eigenvalue weighted by molar-refractivity contribution is -0.150. The summed E-state index contributed by atoms with van der Waals surface area (Å²) in [7, 11) is 0. The fraction of sp³-hybridized carbons (Fsp3) is 0.462. The number of hydrogen-bond donors (Lipinski definition) is 1. The van der Waals surface area contributed by atoms with Gasteiger partial charge in [0.15, 0.2) is 0 Å². The van der Waals surface area contributed by atoms with Crippen molar-refractivity contribution in [1.82, 2.24) is 9.88 Å². The van der Waals surface area contributed by atoms with Gasteiger partial charge in [0.1, 0.15) is 10.7 Å². The number of halogens is 1. The Morgan fingerprint density at radius 1 is 1.47 bits per heavy atom. The average Bonchev–Trinajstić information content (AvgIpc) is 2.39. The van der Waals surface area contributed by atoms with Crippen LogP contribution in [0.5, 0.6) is 0 Å². The SMILES string of the molecule is CC1(C(=O)O)CCCCN1C(=O)c1cccnc1Cl. The lowest BCUT2D eigenvalue weighted by Gasteiger charge is -2.41. The van der Waals surface area contributed by atoms with Crippen LogP contribution in [0.3, 0.4) is 0 Å². The van der Waals surface area contributed by atoms with Crippen LogP contribution in [0.2, 0.25) is 5.15 Å². The molecule has 1 aromatic heterocycles. The van der Waals surface area contributed by atoms with Crippen molar-refractivity contribution in [3.63, 3.8) is 0 Å². The lowest BCUT2D eigenvalue weighted by Crippen LogP contribution is -2.57. The second-order valence-corrected chi connectivity index (χ2v) is 5.19. The minimum Gasteiger partial charge on any atom is -0.480 e. The van der Waals surface area contributed by atoms with Crippen molar-refractivity contribution < 1.29 is 14.7 Å². The highest BCUT2D eigenvalue weighted by molar-refractivity contribution is 6.32. The van der Waals surface area contributed by atoms with Crippen molar-refractivity contribution in [2.45, 2.75) is 31.7 Å². The largest absolute Gasteiger partial charge is 0.480 e. The molecule has 0 aromatic carbocycles. The molecule has 102 valence electrons. The molecule has 1 atom stereocenters. The molecule has 1 N–H and O–H groups in total. The van der Waals surface area contributed by atoms with Crippen LogP contribution in [0.4, 0.5) is 0 Å². The summed E-state index contributed by atoms with van der Waals surface area (Å²) in [5.74, 6) is -1.36. The molecule has 0 spiro atoms. The third kappa shape index (κ3) is 2.42. The Bertz CT molecular complexity index is 520. The van der Waals surface area contributed by atoms with Crippen molar-refractivity contribution in [3.8, 4) is 0 Å². The number of piperidine rings is 1. The predicted octanol–water partition coefficient (Wildman–Crippen LogP) is 2.20. The number of hydrogen-bond acceptors (Lipinski definition) is 3. The van der Waals surface area contributed by atoms with Gasteiger partial charge in [-0.3, -0.25) is 4.79 Å². The number of aromatic nitrogens is 1. The van der Waals surface area contributed by atoms with Crippen molar-refractivity contribution in [2.24, 2.45) is 0 Å². The van der Waals surface area contributed by atoms with Crippen molar-refractivity contribution in [1.29, 1.82) is 0 Å². The Morgan fingerprint density at radius 2 is 2.21 bits per heavy atom. The number of carbonyl (C=O) groups excluding carboxylic acids is 1. The van der Waals surface area contributed by atoms with Crippen LogP contribution in [0, 0.1) is 0 Å². The third-order valence-corrected chi connectivity index (χ3v) is 3.89. The number of aliphatic carboxylic acids is 1. The second-order valence-electron chi connectivity index (χ2n) is 4.83. The summed E-state index contributed by atoms with van der Waals surface area (Å²) in [5.41, 5.74) is -0.923. The summed E-state index contributed by atoms with van der Waals surface area (Å²) in [6, 6.07) is 3.18. The molecule has 0 radical (unpaired) electrons. The standard InChI is InChI=1S/C13H15ClN2O3/c1-13(12(18)19)6-2-3-8-16(13)11(17)9-5-4-7-15-10(9)14/h4-5,7H,2-3,6,8H2,1H3,(H,18,19). The maximum absolute atomic E-state index is 12.5. The van der Waals surface area contributed by atoms with Gasteiger partial charge >= 0.3 is 5.97 Å². The van der Waals surface area contributed by atoms with E-state index in [4.69, 9.17) is 11.6 Å². The fourth-order valence-electron chi connectivity index (χ4n) is 2.36. The number of carbonyl (C=O) groups is 2. The van der Waals surface area contributed by atoms with Crippen LogP contribution in [0.25, 0.3) is 0 Å². The summed E-state index contributed by atoms with van der Waals surface area (Å²) in [6.45, 7) is 2.00. The zero-order valence-corrected chi connectivity index (χ0v) is 11.4. The highest BCUT2D eigenvalue weighted by Crippen LogP contribution is 2.30. The van der Waals surface area contributed by atoms with Crippen LogP contribution in [0.15, 0.2) is 18.3 Å². The Kier molecular flexibility index (Phi) is 3.75. The molecule has 1 fully saturated rings. The third-order valence-electron chi connectivity index (χ3n) is 3.59. The first-order valence-electron chi connectivity index (χ1n) is 6.12. The molecule has 1 amide bonds. The van der Waals surface area contributed by atoms with Gasteiger partial charge in [0.2, 0.25) is 0 Å². The molecule has 2 rings (SSSR count). The number of carboxylic acids is 1. The molecule has 0 saturated carbocycles. The van der Waals surface area contributed by atoms with E-state index in [1.54, 1.807) is 19.1 Å². The van der Waals surface area contributed by atoms with Crippen LogP contribution in [-0.2, 0) is 4.79 Å². The fourth-order valence-corrected chi connectivity index (χ4v) is 2.56. The molecule has 1 aromatic rings. The topological polar surface area (TPSA) is 70.5 Å². The van der Waals surface area contributed by atoms with Gasteiger partial charge in [0, 0.05) is 12.7 Å². The van der Waals surface area contributed by atoms with E-state index in [2.05, 4.69) is 4.98 Å². The monoisotopic (exact) mass is 282 g/mol. The molecule has 0 aliphatic carbocycles. The van der Waals surface area contributed by atoms with Crippen LogP contribution < -0.4 is 0 Å². The van der Waals surface area contributed by atoms with Gasteiger partial charge in [-0.2, -0.15) is 0 Å². The van der Waals surface area contributed by atoms with Gasteiger partial charge in [0.05, 0.1) is 5.56 Å². The van der Waals surface area contributed by atoms with E-state index in [9.17, 15) is 14.7 Å². The molecule has 6 heteroatoms. The quantitative estimate of drug-likeness (QED) is 0.844. The Balaban J connectivity index is 2.36. The normalized spacial score (nSPS) is 23.2. The van der Waals surface area contributed by atoms with Crippen LogP contribution in [-0.4, -0.2) is 39.0 Å². The van der Waals surface area contributed by atoms with E-state index in [0.29, 0.717) is 13.0 Å². The predicted molar refractivity (Wildman–Crippen MR) is 70.2 cm³/mol. The van der Waals surface area contributed by atoms with Gasteiger partial charge in [-0.15, -0.1) is 0 Å². The number of amides is 1. The number of pyridine rings is 1. The summed E-state index contributed by atoms with van der Waals surface area (Å²) < 4.78 is 0. The summed E-state index contributed by atoms with van der Waals surface area (Å²) in [5, 5.41) is 9.49. The molecular formula is C13H15ClN2O3. The van der Waals surface area contributed by atoms with Crippen LogP contribution in [0.1, 0.15) is 36.5 Å². The van der Waals surface area contributed by atoms with Gasteiger partial charge in [-0.1, -0.05) is 11.6 Å². The number of nitrogens with zero attached hydrogens (tertiary/aromatic N) is 2. The van der Waals surface area contributed by atoms with Crippen molar-refractivity contribution in [2.75, 3.05) is 6.54 Å². The zero-order valence-electron chi connectivity index (χ0n) is 10.6. The molecule has 5 nitrogen and oxygen atoms in total. The Hall–Kier alpha value is -1.62. The minimum absolute atomic E-state index is 0.103. The van der Waals surface area contributed by atoms with E-state index in [-0.39, 0.29) is 16.6 Å². The Morgan fingerprint density at radius 3 is 2.84 bits per heavy atom. The van der Waals surface area contributed by atoms with Gasteiger partial charge in [-0.25, -0.2) is 9.78 Å². The maximum atomic E-state index is 12.5. The highest BCUT2D eigenvalue weighted by atomic mass is 35.5. The number of likely N-dealkylation sites (tertiary alicyclic amines) is 1. The Labute approximate surface area is 116 Å². The molecule has 1 aliphatic heterocycles. The first-order chi connectivity index (χ1) is 8.97. The van der Waals surface area contributed by atoms with E-state index in [0.717, 1.165) is 12.8 Å².